The zero-order chi connectivity index (χ0) is 21.5. The summed E-state index contributed by atoms with van der Waals surface area (Å²) in [6, 6.07) is 6.70. The molecule has 2 unspecified atom stereocenters. The lowest BCUT2D eigenvalue weighted by Crippen LogP contribution is -2.39. The first-order valence-electron chi connectivity index (χ1n) is 10.5. The molecular weight excluding hydrogens is 394 g/mol. The van der Waals surface area contributed by atoms with Crippen molar-refractivity contribution in [3.05, 3.63) is 34.9 Å². The SMILES string of the molecule is CCOC(=O)CCCCCCC(NCCC(O)c1ccc(Cl)cc1)C(=O)OCC. The van der Waals surface area contributed by atoms with Gasteiger partial charge in [0.05, 0.1) is 19.3 Å². The van der Waals surface area contributed by atoms with Crippen LogP contribution in [-0.2, 0) is 19.1 Å². The van der Waals surface area contributed by atoms with Gasteiger partial charge in [-0.2, -0.15) is 0 Å². The van der Waals surface area contributed by atoms with Gasteiger partial charge in [-0.15, -0.1) is 0 Å². The number of carbonyl (C=O) groups excluding carboxylic acids is 2. The van der Waals surface area contributed by atoms with Crippen LogP contribution in [0.3, 0.4) is 0 Å². The zero-order valence-corrected chi connectivity index (χ0v) is 18.2. The van der Waals surface area contributed by atoms with Gasteiger partial charge in [0.15, 0.2) is 0 Å². The van der Waals surface area contributed by atoms with E-state index in [-0.39, 0.29) is 11.9 Å². The van der Waals surface area contributed by atoms with Crippen LogP contribution in [0.2, 0.25) is 5.02 Å². The highest BCUT2D eigenvalue weighted by molar-refractivity contribution is 6.30. The van der Waals surface area contributed by atoms with E-state index < -0.39 is 12.1 Å². The lowest BCUT2D eigenvalue weighted by Gasteiger charge is -2.18. The number of aliphatic hydroxyl groups is 1. The fourth-order valence-corrected chi connectivity index (χ4v) is 3.12. The van der Waals surface area contributed by atoms with E-state index in [2.05, 4.69) is 5.32 Å². The second-order valence-electron chi connectivity index (χ2n) is 6.87. The molecule has 2 atom stereocenters. The zero-order valence-electron chi connectivity index (χ0n) is 17.5. The van der Waals surface area contributed by atoms with Crippen LogP contribution in [0, 0.1) is 0 Å². The summed E-state index contributed by atoms with van der Waals surface area (Å²) in [5, 5.41) is 14.1. The topological polar surface area (TPSA) is 84.9 Å². The van der Waals surface area contributed by atoms with Gasteiger partial charge in [0.2, 0.25) is 0 Å². The summed E-state index contributed by atoms with van der Waals surface area (Å²) in [5.41, 5.74) is 0.797. The molecule has 0 amide bonds. The minimum Gasteiger partial charge on any atom is -0.466 e. The van der Waals surface area contributed by atoms with Crippen molar-refractivity contribution in [3.63, 3.8) is 0 Å². The lowest BCUT2D eigenvalue weighted by atomic mass is 10.0. The molecule has 0 saturated carbocycles. The van der Waals surface area contributed by atoms with Gasteiger partial charge in [-0.25, -0.2) is 0 Å². The van der Waals surface area contributed by atoms with Crippen molar-refractivity contribution in [2.45, 2.75) is 70.9 Å². The quantitative estimate of drug-likeness (QED) is 0.322. The molecule has 0 saturated heterocycles. The van der Waals surface area contributed by atoms with Crippen molar-refractivity contribution in [3.8, 4) is 0 Å². The number of benzene rings is 1. The smallest absolute Gasteiger partial charge is 0.323 e. The van der Waals surface area contributed by atoms with E-state index in [1.807, 2.05) is 0 Å². The Balaban J connectivity index is 2.33. The fraction of sp³-hybridized carbons (Fsp3) is 0.636. The number of nitrogens with one attached hydrogen (secondary N) is 1. The van der Waals surface area contributed by atoms with Gasteiger partial charge in [0.1, 0.15) is 6.04 Å². The van der Waals surface area contributed by atoms with Gasteiger partial charge in [-0.05, 0) is 57.4 Å². The molecule has 0 aliphatic carbocycles. The Labute approximate surface area is 178 Å². The summed E-state index contributed by atoms with van der Waals surface area (Å²) in [6.07, 6.45) is 4.48. The summed E-state index contributed by atoms with van der Waals surface area (Å²) in [5.74, 6) is -0.419. The number of hydrogen-bond acceptors (Lipinski definition) is 6. The van der Waals surface area contributed by atoms with E-state index in [1.54, 1.807) is 38.1 Å². The molecule has 1 rings (SSSR count). The Morgan fingerprint density at radius 1 is 1.00 bits per heavy atom. The first kappa shape index (κ1) is 25.4. The van der Waals surface area contributed by atoms with Crippen molar-refractivity contribution >= 4 is 23.5 Å². The summed E-state index contributed by atoms with van der Waals surface area (Å²) in [6.45, 7) is 4.84. The molecule has 6 nitrogen and oxygen atoms in total. The van der Waals surface area contributed by atoms with Crippen molar-refractivity contribution in [2.24, 2.45) is 0 Å². The van der Waals surface area contributed by atoms with Crippen LogP contribution in [-0.4, -0.2) is 42.8 Å². The monoisotopic (exact) mass is 427 g/mol. The van der Waals surface area contributed by atoms with Gasteiger partial charge in [-0.3, -0.25) is 9.59 Å². The molecule has 7 heteroatoms. The molecular formula is C22H34ClNO5. The Kier molecular flexibility index (Phi) is 13.4. The van der Waals surface area contributed by atoms with E-state index in [0.717, 1.165) is 31.2 Å². The van der Waals surface area contributed by atoms with E-state index in [4.69, 9.17) is 21.1 Å². The number of carbonyl (C=O) groups is 2. The third-order valence-corrected chi connectivity index (χ3v) is 4.82. The Hall–Kier alpha value is -1.63. The van der Waals surface area contributed by atoms with Crippen molar-refractivity contribution in [2.75, 3.05) is 19.8 Å². The van der Waals surface area contributed by atoms with E-state index in [0.29, 0.717) is 44.0 Å². The summed E-state index contributed by atoms with van der Waals surface area (Å²) in [4.78, 5) is 23.5. The predicted molar refractivity (Wildman–Crippen MR) is 114 cm³/mol. The fourth-order valence-electron chi connectivity index (χ4n) is 3.00. The van der Waals surface area contributed by atoms with Crippen LogP contribution in [0.15, 0.2) is 24.3 Å². The first-order chi connectivity index (χ1) is 14.0. The lowest BCUT2D eigenvalue weighted by molar-refractivity contribution is -0.146. The molecule has 0 fully saturated rings. The molecule has 2 N–H and O–H groups in total. The summed E-state index contributed by atoms with van der Waals surface area (Å²) in [7, 11) is 0. The van der Waals surface area contributed by atoms with E-state index in [1.165, 1.54) is 0 Å². The van der Waals surface area contributed by atoms with Gasteiger partial charge in [0.25, 0.3) is 0 Å². The standard InChI is InChI=1S/C22H34ClNO5/c1-3-28-21(26)10-8-6-5-7-9-19(22(27)29-4-2)24-16-15-20(25)17-11-13-18(23)14-12-17/h11-14,19-20,24-25H,3-10,15-16H2,1-2H3. The van der Waals surface area contributed by atoms with Crippen LogP contribution in [0.5, 0.6) is 0 Å². The van der Waals surface area contributed by atoms with Gasteiger partial charge in [0, 0.05) is 11.4 Å². The normalized spacial score (nSPS) is 13.0. The van der Waals surface area contributed by atoms with Gasteiger partial charge in [-0.1, -0.05) is 43.0 Å². The number of hydrogen-bond donors (Lipinski definition) is 2. The number of rotatable bonds is 15. The second-order valence-corrected chi connectivity index (χ2v) is 7.31. The molecule has 164 valence electrons. The third kappa shape index (κ3) is 11.2. The maximum atomic E-state index is 12.2. The highest BCUT2D eigenvalue weighted by Crippen LogP contribution is 2.19. The van der Waals surface area contributed by atoms with Crippen LogP contribution >= 0.6 is 11.6 Å². The van der Waals surface area contributed by atoms with E-state index >= 15 is 0 Å². The number of ether oxygens (including phenoxy) is 2. The average molecular weight is 428 g/mol. The molecule has 1 aromatic rings. The largest absolute Gasteiger partial charge is 0.466 e. The third-order valence-electron chi connectivity index (χ3n) is 4.56. The van der Waals surface area contributed by atoms with Crippen molar-refractivity contribution < 1.29 is 24.2 Å². The van der Waals surface area contributed by atoms with Gasteiger partial charge < -0.3 is 19.9 Å². The molecule has 0 aliphatic heterocycles. The van der Waals surface area contributed by atoms with Crippen molar-refractivity contribution in [1.29, 1.82) is 0 Å². The van der Waals surface area contributed by atoms with Crippen LogP contribution < -0.4 is 5.32 Å². The maximum Gasteiger partial charge on any atom is 0.323 e. The van der Waals surface area contributed by atoms with Crippen LogP contribution in [0.25, 0.3) is 0 Å². The summed E-state index contributed by atoms with van der Waals surface area (Å²) < 4.78 is 10.1. The molecule has 1 aromatic carbocycles. The van der Waals surface area contributed by atoms with Gasteiger partial charge >= 0.3 is 11.9 Å². The minimum atomic E-state index is -0.620. The first-order valence-corrected chi connectivity index (χ1v) is 10.8. The van der Waals surface area contributed by atoms with Crippen molar-refractivity contribution in [1.82, 2.24) is 5.32 Å². The number of esters is 2. The molecule has 0 aliphatic rings. The number of unbranched alkanes of at least 4 members (excludes halogenated alkanes) is 3. The average Bonchev–Trinajstić information content (AvgIpc) is 2.69. The van der Waals surface area contributed by atoms with E-state index in [9.17, 15) is 14.7 Å². The number of aliphatic hydroxyl groups excluding tert-OH is 1. The Bertz CT molecular complexity index is 593. The Morgan fingerprint density at radius 3 is 2.31 bits per heavy atom. The molecule has 0 radical (unpaired) electrons. The maximum absolute atomic E-state index is 12.2. The minimum absolute atomic E-state index is 0.155. The second kappa shape index (κ2) is 15.2. The predicted octanol–water partition coefficient (Wildman–Crippen LogP) is 4.19. The summed E-state index contributed by atoms with van der Waals surface area (Å²) >= 11 is 5.87. The molecule has 0 bridgehead atoms. The highest BCUT2D eigenvalue weighted by atomic mass is 35.5. The number of halogens is 1. The molecule has 0 aromatic heterocycles. The molecule has 0 heterocycles. The van der Waals surface area contributed by atoms with Crippen LogP contribution in [0.4, 0.5) is 0 Å². The molecule has 29 heavy (non-hydrogen) atoms. The Morgan fingerprint density at radius 2 is 1.66 bits per heavy atom. The van der Waals surface area contributed by atoms with Crippen LogP contribution in [0.1, 0.15) is 70.5 Å². The highest BCUT2D eigenvalue weighted by Gasteiger charge is 2.19. The molecule has 0 spiro atoms.